The Morgan fingerprint density at radius 1 is 1.37 bits per heavy atom. The standard InChI is InChI=1S/C13H21N3O2S/c1-2-16(11-7-4-3-5-8-11)19(17,18)12-9-6-10-15-13(12)14/h6,9-11H,2-5,7-8H2,1H3,(H2,14,15). The van der Waals surface area contributed by atoms with E-state index in [-0.39, 0.29) is 16.8 Å². The molecule has 0 aliphatic heterocycles. The van der Waals surface area contributed by atoms with Crippen molar-refractivity contribution < 1.29 is 8.42 Å². The van der Waals surface area contributed by atoms with E-state index < -0.39 is 10.0 Å². The highest BCUT2D eigenvalue weighted by Gasteiger charge is 2.32. The maximum Gasteiger partial charge on any atom is 0.246 e. The van der Waals surface area contributed by atoms with Gasteiger partial charge in [0.25, 0.3) is 0 Å². The molecule has 106 valence electrons. The van der Waals surface area contributed by atoms with Gasteiger partial charge in [-0.25, -0.2) is 13.4 Å². The third-order valence-electron chi connectivity index (χ3n) is 3.68. The predicted molar refractivity (Wildman–Crippen MR) is 75.1 cm³/mol. The van der Waals surface area contributed by atoms with E-state index in [0.717, 1.165) is 25.7 Å². The zero-order valence-corrected chi connectivity index (χ0v) is 12.1. The molecule has 1 heterocycles. The number of pyridine rings is 1. The normalized spacial score (nSPS) is 17.8. The maximum absolute atomic E-state index is 12.7. The molecule has 2 N–H and O–H groups in total. The Balaban J connectivity index is 2.33. The average Bonchev–Trinajstić information content (AvgIpc) is 2.40. The summed E-state index contributed by atoms with van der Waals surface area (Å²) in [7, 11) is -3.54. The van der Waals surface area contributed by atoms with Crippen molar-refractivity contribution >= 4 is 15.8 Å². The number of hydrogen-bond acceptors (Lipinski definition) is 4. The summed E-state index contributed by atoms with van der Waals surface area (Å²) < 4.78 is 27.0. The molecule has 2 rings (SSSR count). The van der Waals surface area contributed by atoms with Gasteiger partial charge in [-0.05, 0) is 25.0 Å². The Kier molecular flexibility index (Phi) is 4.42. The van der Waals surface area contributed by atoms with Crippen molar-refractivity contribution in [3.05, 3.63) is 18.3 Å². The lowest BCUT2D eigenvalue weighted by atomic mass is 9.95. The van der Waals surface area contributed by atoms with Crippen molar-refractivity contribution in [2.45, 2.75) is 50.0 Å². The molecule has 1 fully saturated rings. The van der Waals surface area contributed by atoms with Gasteiger partial charge in [-0.2, -0.15) is 4.31 Å². The Labute approximate surface area is 114 Å². The van der Waals surface area contributed by atoms with Gasteiger partial charge in [0.15, 0.2) is 0 Å². The van der Waals surface area contributed by atoms with Crippen LogP contribution in [0.1, 0.15) is 39.0 Å². The van der Waals surface area contributed by atoms with Crippen LogP contribution in [-0.2, 0) is 10.0 Å². The van der Waals surface area contributed by atoms with Crippen molar-refractivity contribution in [3.63, 3.8) is 0 Å². The van der Waals surface area contributed by atoms with E-state index in [4.69, 9.17) is 5.73 Å². The molecule has 1 aromatic rings. The highest BCUT2D eigenvalue weighted by atomic mass is 32.2. The number of hydrogen-bond donors (Lipinski definition) is 1. The molecule has 1 aliphatic rings. The number of anilines is 1. The summed E-state index contributed by atoms with van der Waals surface area (Å²) in [6, 6.07) is 3.24. The van der Waals surface area contributed by atoms with Crippen LogP contribution < -0.4 is 5.73 Å². The topological polar surface area (TPSA) is 76.3 Å². The van der Waals surface area contributed by atoms with Gasteiger partial charge in [0.2, 0.25) is 10.0 Å². The molecule has 0 amide bonds. The monoisotopic (exact) mass is 283 g/mol. The van der Waals surface area contributed by atoms with Gasteiger partial charge in [0, 0.05) is 18.8 Å². The summed E-state index contributed by atoms with van der Waals surface area (Å²) in [5, 5.41) is 0. The molecule has 0 spiro atoms. The molecule has 0 saturated heterocycles. The lowest BCUT2D eigenvalue weighted by Crippen LogP contribution is -2.41. The molecule has 0 unspecified atom stereocenters. The van der Waals surface area contributed by atoms with Gasteiger partial charge >= 0.3 is 0 Å². The molecular weight excluding hydrogens is 262 g/mol. The lowest BCUT2D eigenvalue weighted by Gasteiger charge is -2.32. The van der Waals surface area contributed by atoms with E-state index in [2.05, 4.69) is 4.98 Å². The van der Waals surface area contributed by atoms with Crippen LogP contribution in [0.5, 0.6) is 0 Å². The molecule has 5 nitrogen and oxygen atoms in total. The van der Waals surface area contributed by atoms with E-state index in [0.29, 0.717) is 6.54 Å². The zero-order valence-electron chi connectivity index (χ0n) is 11.2. The number of nitrogens with two attached hydrogens (primary N) is 1. The first-order valence-corrected chi connectivity index (χ1v) is 8.23. The number of rotatable bonds is 4. The van der Waals surface area contributed by atoms with Crippen LogP contribution in [0.4, 0.5) is 5.82 Å². The van der Waals surface area contributed by atoms with Crippen LogP contribution >= 0.6 is 0 Å². The van der Waals surface area contributed by atoms with Crippen LogP contribution in [0, 0.1) is 0 Å². The number of nitrogen functional groups attached to an aromatic ring is 1. The molecule has 0 atom stereocenters. The van der Waals surface area contributed by atoms with Gasteiger partial charge in [0.05, 0.1) is 0 Å². The van der Waals surface area contributed by atoms with Gasteiger partial charge in [0.1, 0.15) is 10.7 Å². The summed E-state index contributed by atoms with van der Waals surface area (Å²) in [5.41, 5.74) is 5.71. The van der Waals surface area contributed by atoms with Crippen LogP contribution in [0.25, 0.3) is 0 Å². The first kappa shape index (κ1) is 14.3. The fraction of sp³-hybridized carbons (Fsp3) is 0.615. The van der Waals surface area contributed by atoms with E-state index in [1.165, 1.54) is 18.7 Å². The van der Waals surface area contributed by atoms with Gasteiger partial charge in [-0.3, -0.25) is 0 Å². The van der Waals surface area contributed by atoms with Crippen LogP contribution in [0.15, 0.2) is 23.2 Å². The summed E-state index contributed by atoms with van der Waals surface area (Å²) >= 11 is 0. The van der Waals surface area contributed by atoms with Crippen molar-refractivity contribution in [2.75, 3.05) is 12.3 Å². The molecule has 1 aromatic heterocycles. The molecule has 0 bridgehead atoms. The Bertz CT molecular complexity index is 524. The largest absolute Gasteiger partial charge is 0.383 e. The van der Waals surface area contributed by atoms with Gasteiger partial charge in [-0.1, -0.05) is 26.2 Å². The number of aromatic nitrogens is 1. The van der Waals surface area contributed by atoms with Crippen molar-refractivity contribution in [2.24, 2.45) is 0 Å². The Hall–Kier alpha value is -1.14. The highest BCUT2D eigenvalue weighted by molar-refractivity contribution is 7.89. The minimum absolute atomic E-state index is 0.0803. The molecular formula is C13H21N3O2S. The summed E-state index contributed by atoms with van der Waals surface area (Å²) in [6.45, 7) is 2.35. The maximum atomic E-state index is 12.7. The third-order valence-corrected chi connectivity index (χ3v) is 5.75. The van der Waals surface area contributed by atoms with Gasteiger partial charge < -0.3 is 5.73 Å². The summed E-state index contributed by atoms with van der Waals surface area (Å²) in [5.74, 6) is 0.0803. The smallest absolute Gasteiger partial charge is 0.246 e. The number of nitrogens with zero attached hydrogens (tertiary/aromatic N) is 2. The van der Waals surface area contributed by atoms with Crippen molar-refractivity contribution in [1.29, 1.82) is 0 Å². The first-order valence-electron chi connectivity index (χ1n) is 6.79. The first-order chi connectivity index (χ1) is 9.07. The summed E-state index contributed by atoms with van der Waals surface area (Å²) in [6.07, 6.45) is 6.77. The Morgan fingerprint density at radius 3 is 2.63 bits per heavy atom. The molecule has 19 heavy (non-hydrogen) atoms. The molecule has 1 saturated carbocycles. The summed E-state index contributed by atoms with van der Waals surface area (Å²) in [4.78, 5) is 4.01. The van der Waals surface area contributed by atoms with Gasteiger partial charge in [-0.15, -0.1) is 0 Å². The fourth-order valence-electron chi connectivity index (χ4n) is 2.74. The predicted octanol–water partition coefficient (Wildman–Crippen LogP) is 2.01. The average molecular weight is 283 g/mol. The molecule has 0 radical (unpaired) electrons. The van der Waals surface area contributed by atoms with E-state index in [1.807, 2.05) is 6.92 Å². The highest BCUT2D eigenvalue weighted by Crippen LogP contribution is 2.28. The number of sulfonamides is 1. The lowest BCUT2D eigenvalue weighted by molar-refractivity contribution is 0.261. The van der Waals surface area contributed by atoms with Crippen molar-refractivity contribution in [3.8, 4) is 0 Å². The second-order valence-electron chi connectivity index (χ2n) is 4.89. The zero-order chi connectivity index (χ0) is 13.9. The van der Waals surface area contributed by atoms with E-state index >= 15 is 0 Å². The van der Waals surface area contributed by atoms with Crippen LogP contribution in [0.2, 0.25) is 0 Å². The Morgan fingerprint density at radius 2 is 2.05 bits per heavy atom. The SMILES string of the molecule is CCN(C1CCCCC1)S(=O)(=O)c1cccnc1N. The van der Waals surface area contributed by atoms with E-state index in [1.54, 1.807) is 10.4 Å². The molecule has 6 heteroatoms. The minimum atomic E-state index is -3.54. The van der Waals surface area contributed by atoms with Crippen molar-refractivity contribution in [1.82, 2.24) is 9.29 Å². The quantitative estimate of drug-likeness (QED) is 0.917. The van der Waals surface area contributed by atoms with Crippen LogP contribution in [-0.4, -0.2) is 30.3 Å². The molecule has 1 aliphatic carbocycles. The third kappa shape index (κ3) is 2.90. The minimum Gasteiger partial charge on any atom is -0.383 e. The molecule has 0 aromatic carbocycles. The van der Waals surface area contributed by atoms with E-state index in [9.17, 15) is 8.42 Å². The van der Waals surface area contributed by atoms with Crippen LogP contribution in [0.3, 0.4) is 0 Å². The second-order valence-corrected chi connectivity index (χ2v) is 6.75. The fourth-order valence-corrected chi connectivity index (χ4v) is 4.50. The second kappa shape index (κ2) is 5.88.